The Labute approximate surface area is 76.9 Å². The van der Waals surface area contributed by atoms with Crippen LogP contribution in [-0.4, -0.2) is 29.1 Å². The molecule has 0 aromatic carbocycles. The van der Waals surface area contributed by atoms with Crippen molar-refractivity contribution in [2.45, 2.75) is 19.3 Å². The van der Waals surface area contributed by atoms with E-state index in [1.807, 2.05) is 0 Å². The second kappa shape index (κ2) is 8.83. The number of carbonyl (C=O) groups is 1. The minimum absolute atomic E-state index is 0.113. The van der Waals surface area contributed by atoms with E-state index in [4.69, 9.17) is 10.9 Å². The fourth-order valence-corrected chi connectivity index (χ4v) is 1.56. The van der Waals surface area contributed by atoms with Crippen molar-refractivity contribution in [3.63, 3.8) is 0 Å². The molecule has 0 saturated heterocycles. The molecular formula is C7H16N2O2S. The molecule has 0 aromatic rings. The van der Waals surface area contributed by atoms with Crippen LogP contribution in [0.4, 0.5) is 0 Å². The summed E-state index contributed by atoms with van der Waals surface area (Å²) in [5.41, 5.74) is 2.08. The predicted molar refractivity (Wildman–Crippen MR) is 50.6 cm³/mol. The van der Waals surface area contributed by atoms with Crippen molar-refractivity contribution in [2.24, 2.45) is 5.84 Å². The van der Waals surface area contributed by atoms with Gasteiger partial charge in [0.1, 0.15) is 0 Å². The van der Waals surface area contributed by atoms with E-state index in [9.17, 15) is 4.79 Å². The van der Waals surface area contributed by atoms with E-state index in [1.54, 1.807) is 11.8 Å². The van der Waals surface area contributed by atoms with Gasteiger partial charge in [-0.05, 0) is 24.3 Å². The van der Waals surface area contributed by atoms with Gasteiger partial charge in [-0.15, -0.1) is 0 Å². The zero-order valence-electron chi connectivity index (χ0n) is 7.08. The minimum Gasteiger partial charge on any atom is -0.396 e. The molecule has 0 saturated carbocycles. The molecular weight excluding hydrogens is 176 g/mol. The number of hydrazine groups is 1. The molecule has 5 heteroatoms. The Bertz CT molecular complexity index is 122. The molecule has 0 atom stereocenters. The fourth-order valence-electron chi connectivity index (χ4n) is 0.676. The van der Waals surface area contributed by atoms with E-state index in [2.05, 4.69) is 5.43 Å². The Morgan fingerprint density at radius 2 is 2.08 bits per heavy atom. The minimum atomic E-state index is -0.113. The summed E-state index contributed by atoms with van der Waals surface area (Å²) >= 11 is 1.75. The molecule has 0 aliphatic rings. The molecule has 0 bridgehead atoms. The van der Waals surface area contributed by atoms with Gasteiger partial charge in [-0.3, -0.25) is 10.2 Å². The highest BCUT2D eigenvalue weighted by molar-refractivity contribution is 7.99. The molecule has 4 nitrogen and oxygen atoms in total. The smallest absolute Gasteiger partial charge is 0.233 e. The number of carbonyl (C=O) groups excluding carboxylic acids is 1. The first-order valence-electron chi connectivity index (χ1n) is 3.99. The van der Waals surface area contributed by atoms with E-state index in [0.717, 1.165) is 24.3 Å². The van der Waals surface area contributed by atoms with Gasteiger partial charge in [0.2, 0.25) is 5.91 Å². The molecule has 1 amide bonds. The zero-order valence-corrected chi connectivity index (χ0v) is 7.90. The van der Waals surface area contributed by atoms with Gasteiger partial charge < -0.3 is 5.11 Å². The van der Waals surface area contributed by atoms with Crippen LogP contribution in [0.5, 0.6) is 0 Å². The highest BCUT2D eigenvalue weighted by Crippen LogP contribution is 2.05. The van der Waals surface area contributed by atoms with Gasteiger partial charge in [0, 0.05) is 13.0 Å². The van der Waals surface area contributed by atoms with Gasteiger partial charge in [-0.1, -0.05) is 0 Å². The molecule has 0 heterocycles. The summed E-state index contributed by atoms with van der Waals surface area (Å²) in [6.45, 7) is 0.246. The van der Waals surface area contributed by atoms with Gasteiger partial charge in [-0.2, -0.15) is 11.8 Å². The van der Waals surface area contributed by atoms with Crippen molar-refractivity contribution in [2.75, 3.05) is 18.1 Å². The maximum absolute atomic E-state index is 10.6. The first-order chi connectivity index (χ1) is 5.81. The largest absolute Gasteiger partial charge is 0.396 e. The lowest BCUT2D eigenvalue weighted by Gasteiger charge is -1.99. The molecule has 0 radical (unpaired) electrons. The van der Waals surface area contributed by atoms with Crippen LogP contribution in [0, 0.1) is 0 Å². The third-order valence-corrected chi connectivity index (χ3v) is 2.45. The molecule has 72 valence electrons. The number of aliphatic hydroxyl groups excluding tert-OH is 1. The number of hydrogen-bond donors (Lipinski definition) is 3. The number of nitrogens with one attached hydrogen (secondary N) is 1. The van der Waals surface area contributed by atoms with Crippen molar-refractivity contribution < 1.29 is 9.90 Å². The molecule has 0 fully saturated rings. The summed E-state index contributed by atoms with van der Waals surface area (Å²) in [6.07, 6.45) is 2.16. The molecule has 0 spiro atoms. The summed E-state index contributed by atoms with van der Waals surface area (Å²) < 4.78 is 0. The summed E-state index contributed by atoms with van der Waals surface area (Å²) in [6, 6.07) is 0. The predicted octanol–water partition coefficient (Wildman–Crippen LogP) is -0.128. The number of hydrogen-bond acceptors (Lipinski definition) is 4. The standard InChI is InChI=1S/C7H16N2O2S/c8-9-7(11)3-1-5-12-6-2-4-10/h10H,1-6,8H2,(H,9,11). The lowest BCUT2D eigenvalue weighted by molar-refractivity contribution is -0.121. The Morgan fingerprint density at radius 1 is 1.42 bits per heavy atom. The molecule has 12 heavy (non-hydrogen) atoms. The summed E-state index contributed by atoms with van der Waals surface area (Å²) in [5, 5.41) is 8.46. The maximum atomic E-state index is 10.6. The van der Waals surface area contributed by atoms with Crippen LogP contribution in [0.1, 0.15) is 19.3 Å². The topological polar surface area (TPSA) is 75.3 Å². The van der Waals surface area contributed by atoms with E-state index in [1.165, 1.54) is 0 Å². The number of nitrogens with two attached hydrogens (primary N) is 1. The van der Waals surface area contributed by atoms with Crippen LogP contribution in [-0.2, 0) is 4.79 Å². The molecule has 0 unspecified atom stereocenters. The van der Waals surface area contributed by atoms with E-state index in [0.29, 0.717) is 6.42 Å². The van der Waals surface area contributed by atoms with E-state index < -0.39 is 0 Å². The number of rotatable bonds is 7. The van der Waals surface area contributed by atoms with Crippen LogP contribution in [0.25, 0.3) is 0 Å². The first-order valence-corrected chi connectivity index (χ1v) is 5.14. The van der Waals surface area contributed by atoms with Crippen molar-refractivity contribution in [1.82, 2.24) is 5.43 Å². The number of thioether (sulfide) groups is 1. The fraction of sp³-hybridized carbons (Fsp3) is 0.857. The number of aliphatic hydroxyl groups is 1. The normalized spacial score (nSPS) is 9.83. The number of amides is 1. The van der Waals surface area contributed by atoms with Crippen LogP contribution < -0.4 is 11.3 Å². The third kappa shape index (κ3) is 7.84. The quantitative estimate of drug-likeness (QED) is 0.227. The van der Waals surface area contributed by atoms with E-state index >= 15 is 0 Å². The van der Waals surface area contributed by atoms with Gasteiger partial charge in [0.25, 0.3) is 0 Å². The first kappa shape index (κ1) is 11.7. The third-order valence-electron chi connectivity index (χ3n) is 1.30. The van der Waals surface area contributed by atoms with Gasteiger partial charge in [0.05, 0.1) is 0 Å². The Kier molecular flexibility index (Phi) is 8.64. The second-order valence-electron chi connectivity index (χ2n) is 2.36. The van der Waals surface area contributed by atoms with Crippen LogP contribution in [0.15, 0.2) is 0 Å². The Balaban J connectivity index is 2.95. The molecule has 0 aliphatic heterocycles. The van der Waals surface area contributed by atoms with Crippen molar-refractivity contribution in [1.29, 1.82) is 0 Å². The lowest BCUT2D eigenvalue weighted by atomic mass is 10.3. The average Bonchev–Trinajstić information content (AvgIpc) is 2.10. The highest BCUT2D eigenvalue weighted by atomic mass is 32.2. The van der Waals surface area contributed by atoms with Gasteiger partial charge >= 0.3 is 0 Å². The van der Waals surface area contributed by atoms with Crippen LogP contribution >= 0.6 is 11.8 Å². The highest BCUT2D eigenvalue weighted by Gasteiger charge is 1.96. The Hall–Kier alpha value is -0.260. The lowest BCUT2D eigenvalue weighted by Crippen LogP contribution is -2.29. The van der Waals surface area contributed by atoms with Crippen molar-refractivity contribution in [3.8, 4) is 0 Å². The van der Waals surface area contributed by atoms with Crippen molar-refractivity contribution in [3.05, 3.63) is 0 Å². The van der Waals surface area contributed by atoms with Crippen molar-refractivity contribution >= 4 is 17.7 Å². The summed E-state index contributed by atoms with van der Waals surface area (Å²) in [7, 11) is 0. The average molecular weight is 192 g/mol. The monoisotopic (exact) mass is 192 g/mol. The summed E-state index contributed by atoms with van der Waals surface area (Å²) in [4.78, 5) is 10.6. The van der Waals surface area contributed by atoms with Gasteiger partial charge in [0.15, 0.2) is 0 Å². The Morgan fingerprint density at radius 3 is 2.67 bits per heavy atom. The summed E-state index contributed by atoms with van der Waals surface area (Å²) in [5.74, 6) is 6.69. The molecule has 4 N–H and O–H groups in total. The van der Waals surface area contributed by atoms with E-state index in [-0.39, 0.29) is 12.5 Å². The molecule has 0 aliphatic carbocycles. The molecule has 0 rings (SSSR count). The van der Waals surface area contributed by atoms with Crippen LogP contribution in [0.2, 0.25) is 0 Å². The maximum Gasteiger partial charge on any atom is 0.233 e. The zero-order chi connectivity index (χ0) is 9.23. The van der Waals surface area contributed by atoms with Gasteiger partial charge in [-0.25, -0.2) is 5.84 Å². The molecule has 0 aromatic heterocycles. The SMILES string of the molecule is NNC(=O)CCCSCCCO. The second-order valence-corrected chi connectivity index (χ2v) is 3.59. The van der Waals surface area contributed by atoms with Crippen LogP contribution in [0.3, 0.4) is 0 Å².